The van der Waals surface area contributed by atoms with Crippen molar-refractivity contribution in [2.45, 2.75) is 75.5 Å². The van der Waals surface area contributed by atoms with Crippen LogP contribution in [0.15, 0.2) is 12.1 Å². The van der Waals surface area contributed by atoms with Crippen LogP contribution in [0.25, 0.3) is 0 Å². The van der Waals surface area contributed by atoms with Gasteiger partial charge in [0.15, 0.2) is 0 Å². The molecule has 6 nitrogen and oxygen atoms in total. The Balaban J connectivity index is 1.45. The molecule has 1 spiro atoms. The molecule has 9 heteroatoms. The zero-order chi connectivity index (χ0) is 23.8. The van der Waals surface area contributed by atoms with Crippen molar-refractivity contribution >= 4 is 29.4 Å². The SMILES string of the molecule is Cc1c(Cl)ccc(F)c1[C@@H](NC(=O)[C@@H]1CC[C@]2(C1)NC(=O)N(C)C2=O)C12CCC(F)(CC1)C2. The molecule has 2 N–H and O–H groups in total. The maximum absolute atomic E-state index is 15.2. The maximum atomic E-state index is 15.2. The van der Waals surface area contributed by atoms with E-state index >= 15 is 8.78 Å². The average Bonchev–Trinajstić information content (AvgIpc) is 3.50. The van der Waals surface area contributed by atoms with Crippen LogP contribution < -0.4 is 10.6 Å². The number of likely N-dealkylation sites (N-methyl/N-ethyl adjacent to an activating group) is 1. The summed E-state index contributed by atoms with van der Waals surface area (Å²) in [5, 5.41) is 6.20. The van der Waals surface area contributed by atoms with Gasteiger partial charge in [0.2, 0.25) is 5.91 Å². The van der Waals surface area contributed by atoms with Gasteiger partial charge in [0.1, 0.15) is 17.0 Å². The van der Waals surface area contributed by atoms with Gasteiger partial charge in [0, 0.05) is 23.6 Å². The average molecular weight is 480 g/mol. The van der Waals surface area contributed by atoms with Gasteiger partial charge in [-0.1, -0.05) is 11.6 Å². The summed E-state index contributed by atoms with van der Waals surface area (Å²) in [6, 6.07) is 1.60. The monoisotopic (exact) mass is 479 g/mol. The summed E-state index contributed by atoms with van der Waals surface area (Å²) in [5.74, 6) is -1.61. The van der Waals surface area contributed by atoms with E-state index < -0.39 is 40.4 Å². The highest BCUT2D eigenvalue weighted by atomic mass is 35.5. The first-order valence-corrected chi connectivity index (χ1v) is 11.9. The smallest absolute Gasteiger partial charge is 0.324 e. The molecule has 4 fully saturated rings. The van der Waals surface area contributed by atoms with Crippen molar-refractivity contribution in [3.63, 3.8) is 0 Å². The quantitative estimate of drug-likeness (QED) is 0.631. The first kappa shape index (κ1) is 22.6. The molecule has 3 aliphatic carbocycles. The molecule has 4 aliphatic rings. The number of halogens is 3. The van der Waals surface area contributed by atoms with Crippen LogP contribution in [0.4, 0.5) is 13.6 Å². The number of carbonyl (C=O) groups is 3. The first-order valence-electron chi connectivity index (χ1n) is 11.5. The Labute approximate surface area is 196 Å². The van der Waals surface area contributed by atoms with Gasteiger partial charge in [0.05, 0.1) is 6.04 Å². The minimum atomic E-state index is -1.27. The number of benzene rings is 1. The maximum Gasteiger partial charge on any atom is 0.324 e. The van der Waals surface area contributed by atoms with E-state index in [0.29, 0.717) is 54.7 Å². The number of nitrogens with zero attached hydrogens (tertiary/aromatic N) is 1. The Morgan fingerprint density at radius 1 is 1.24 bits per heavy atom. The zero-order valence-electron chi connectivity index (χ0n) is 18.8. The van der Waals surface area contributed by atoms with Gasteiger partial charge in [-0.2, -0.15) is 0 Å². The fourth-order valence-electron chi connectivity index (χ4n) is 6.72. The lowest BCUT2D eigenvalue weighted by atomic mass is 9.73. The van der Waals surface area contributed by atoms with Crippen molar-refractivity contribution in [2.24, 2.45) is 11.3 Å². The fraction of sp³-hybridized carbons (Fsp3) is 0.625. The van der Waals surface area contributed by atoms with E-state index in [4.69, 9.17) is 11.6 Å². The van der Waals surface area contributed by atoms with Crippen LogP contribution in [0.5, 0.6) is 0 Å². The molecular formula is C24H28ClF2N3O3. The van der Waals surface area contributed by atoms with Crippen LogP contribution in [-0.4, -0.2) is 41.0 Å². The fourth-order valence-corrected chi connectivity index (χ4v) is 6.88. The van der Waals surface area contributed by atoms with Gasteiger partial charge in [-0.25, -0.2) is 13.6 Å². The molecule has 1 aromatic carbocycles. The summed E-state index contributed by atoms with van der Waals surface area (Å²) >= 11 is 6.32. The van der Waals surface area contributed by atoms with Crippen molar-refractivity contribution in [1.29, 1.82) is 0 Å². The molecule has 4 amide bonds. The molecule has 1 aliphatic heterocycles. The predicted octanol–water partition coefficient (Wildman–Crippen LogP) is 4.34. The Bertz CT molecular complexity index is 1060. The van der Waals surface area contributed by atoms with Crippen molar-refractivity contribution in [2.75, 3.05) is 7.05 Å². The third-order valence-electron chi connectivity index (χ3n) is 8.64. The van der Waals surface area contributed by atoms with E-state index in [1.165, 1.54) is 19.2 Å². The number of fused-ring (bicyclic) bond motifs is 2. The summed E-state index contributed by atoms with van der Waals surface area (Å²) in [6.07, 6.45) is 3.20. The number of hydrogen-bond donors (Lipinski definition) is 2. The summed E-state index contributed by atoms with van der Waals surface area (Å²) in [4.78, 5) is 39.1. The number of carbonyl (C=O) groups excluding carboxylic acids is 3. The summed E-state index contributed by atoms with van der Waals surface area (Å²) in [6.45, 7) is 1.72. The molecule has 0 radical (unpaired) electrons. The van der Waals surface area contributed by atoms with Crippen molar-refractivity contribution < 1.29 is 23.2 Å². The molecule has 0 aromatic heterocycles. The number of nitrogens with one attached hydrogen (secondary N) is 2. The van der Waals surface area contributed by atoms with Crippen molar-refractivity contribution in [3.8, 4) is 0 Å². The van der Waals surface area contributed by atoms with Gasteiger partial charge in [-0.3, -0.25) is 14.5 Å². The van der Waals surface area contributed by atoms with E-state index in [1.807, 2.05) is 0 Å². The van der Waals surface area contributed by atoms with E-state index in [9.17, 15) is 14.4 Å². The normalized spacial score (nSPS) is 36.0. The molecular weight excluding hydrogens is 452 g/mol. The Morgan fingerprint density at radius 2 is 1.94 bits per heavy atom. The zero-order valence-corrected chi connectivity index (χ0v) is 19.5. The molecule has 0 unspecified atom stereocenters. The van der Waals surface area contributed by atoms with E-state index in [0.717, 1.165) is 4.90 Å². The van der Waals surface area contributed by atoms with E-state index in [2.05, 4.69) is 10.6 Å². The Kier molecular flexibility index (Phi) is 5.05. The highest BCUT2D eigenvalue weighted by Crippen LogP contribution is 2.64. The lowest BCUT2D eigenvalue weighted by Gasteiger charge is -2.38. The van der Waals surface area contributed by atoms with Crippen LogP contribution in [0.2, 0.25) is 5.02 Å². The van der Waals surface area contributed by atoms with Crippen LogP contribution >= 0.6 is 11.6 Å². The van der Waals surface area contributed by atoms with Crippen LogP contribution in [0.3, 0.4) is 0 Å². The van der Waals surface area contributed by atoms with E-state index in [1.54, 1.807) is 6.92 Å². The minimum absolute atomic E-state index is 0.192. The number of urea groups is 1. The molecule has 3 atom stereocenters. The molecule has 3 saturated carbocycles. The molecule has 2 bridgehead atoms. The standard InChI is InChI=1S/C24H28ClF2N3O3/c1-13-15(25)3-4-16(26)17(13)18(22-7-9-23(27,12-22)10-8-22)28-19(31)14-5-6-24(11-14)20(32)30(2)21(33)29-24/h3-4,14,18H,5-12H2,1-2H3,(H,28,31)(H,29,33)/t14-,18-,22?,23?,24-/m1/s1. The van der Waals surface area contributed by atoms with Crippen LogP contribution in [0, 0.1) is 24.1 Å². The third-order valence-corrected chi connectivity index (χ3v) is 9.05. The molecule has 1 saturated heterocycles. The summed E-state index contributed by atoms with van der Waals surface area (Å²) in [5.41, 5.74) is -2.04. The second-order valence-corrected chi connectivity index (χ2v) is 10.9. The van der Waals surface area contributed by atoms with Gasteiger partial charge in [-0.15, -0.1) is 0 Å². The second-order valence-electron chi connectivity index (χ2n) is 10.5. The Hall–Kier alpha value is -2.22. The number of hydrogen-bond acceptors (Lipinski definition) is 3. The lowest BCUT2D eigenvalue weighted by molar-refractivity contribution is -0.130. The molecule has 33 heavy (non-hydrogen) atoms. The topological polar surface area (TPSA) is 78.5 Å². The van der Waals surface area contributed by atoms with Gasteiger partial charge in [0.25, 0.3) is 5.91 Å². The largest absolute Gasteiger partial charge is 0.348 e. The highest BCUT2D eigenvalue weighted by molar-refractivity contribution is 6.31. The first-order chi connectivity index (χ1) is 15.5. The van der Waals surface area contributed by atoms with Gasteiger partial charge < -0.3 is 10.6 Å². The predicted molar refractivity (Wildman–Crippen MR) is 118 cm³/mol. The van der Waals surface area contributed by atoms with Gasteiger partial charge in [-0.05, 0) is 81.4 Å². The molecule has 5 rings (SSSR count). The highest BCUT2D eigenvalue weighted by Gasteiger charge is 2.60. The van der Waals surface area contributed by atoms with Crippen molar-refractivity contribution in [1.82, 2.24) is 15.5 Å². The summed E-state index contributed by atoms with van der Waals surface area (Å²) < 4.78 is 30.3. The number of rotatable bonds is 4. The Morgan fingerprint density at radius 3 is 2.52 bits per heavy atom. The number of amides is 4. The van der Waals surface area contributed by atoms with Crippen molar-refractivity contribution in [3.05, 3.63) is 34.1 Å². The second kappa shape index (κ2) is 7.39. The minimum Gasteiger partial charge on any atom is -0.348 e. The molecule has 178 valence electrons. The number of imide groups is 1. The van der Waals surface area contributed by atoms with Crippen LogP contribution in [-0.2, 0) is 9.59 Å². The van der Waals surface area contributed by atoms with Gasteiger partial charge >= 0.3 is 6.03 Å². The van der Waals surface area contributed by atoms with E-state index in [-0.39, 0.29) is 24.7 Å². The summed E-state index contributed by atoms with van der Waals surface area (Å²) in [7, 11) is 1.42. The molecule has 1 heterocycles. The third kappa shape index (κ3) is 3.35. The molecule has 1 aromatic rings. The lowest BCUT2D eigenvalue weighted by Crippen LogP contribution is -2.46. The number of alkyl halides is 1. The van der Waals surface area contributed by atoms with Crippen LogP contribution in [0.1, 0.15) is 68.5 Å².